The van der Waals surface area contributed by atoms with Crippen molar-refractivity contribution in [2.24, 2.45) is 7.05 Å². The first-order valence-corrected chi connectivity index (χ1v) is 12.0. The molecule has 168 valence electrons. The van der Waals surface area contributed by atoms with Crippen molar-refractivity contribution in [1.29, 1.82) is 0 Å². The van der Waals surface area contributed by atoms with Gasteiger partial charge in [-0.25, -0.2) is 8.42 Å². The number of carbonyl (C=O) groups is 1. The zero-order chi connectivity index (χ0) is 22.7. The van der Waals surface area contributed by atoms with Crippen LogP contribution in [0.3, 0.4) is 0 Å². The van der Waals surface area contributed by atoms with Crippen LogP contribution in [-0.4, -0.2) is 54.6 Å². The molecule has 1 amide bonds. The quantitative estimate of drug-likeness (QED) is 0.594. The lowest BCUT2D eigenvalue weighted by atomic mass is 10.2. The number of aryl methyl sites for hydroxylation is 1. The van der Waals surface area contributed by atoms with Gasteiger partial charge < -0.3 is 10.2 Å². The van der Waals surface area contributed by atoms with E-state index in [2.05, 4.69) is 15.3 Å². The Morgan fingerprint density at radius 1 is 1.03 bits per heavy atom. The molecule has 1 aliphatic rings. The van der Waals surface area contributed by atoms with Crippen molar-refractivity contribution in [3.63, 3.8) is 0 Å². The number of halogens is 1. The first kappa shape index (κ1) is 22.3. The van der Waals surface area contributed by atoms with Crippen LogP contribution in [0, 0.1) is 0 Å². The predicted molar refractivity (Wildman–Crippen MR) is 123 cm³/mol. The van der Waals surface area contributed by atoms with Crippen LogP contribution in [-0.2, 0) is 23.6 Å². The summed E-state index contributed by atoms with van der Waals surface area (Å²) >= 11 is 5.95. The molecule has 0 bridgehead atoms. The fourth-order valence-electron chi connectivity index (χ4n) is 3.65. The van der Waals surface area contributed by atoms with Crippen molar-refractivity contribution in [2.45, 2.75) is 11.6 Å². The molecule has 0 atom stereocenters. The van der Waals surface area contributed by atoms with E-state index in [1.165, 1.54) is 15.2 Å². The number of hydrogen-bond donors (Lipinski definition) is 1. The summed E-state index contributed by atoms with van der Waals surface area (Å²) in [6.07, 6.45) is 1.44. The van der Waals surface area contributed by atoms with Crippen molar-refractivity contribution < 1.29 is 13.2 Å². The molecule has 0 spiro atoms. The van der Waals surface area contributed by atoms with E-state index in [1.807, 2.05) is 54.6 Å². The monoisotopic (exact) mass is 473 g/mol. The van der Waals surface area contributed by atoms with E-state index in [0.717, 1.165) is 11.3 Å². The lowest BCUT2D eigenvalue weighted by Gasteiger charge is -2.35. The highest BCUT2D eigenvalue weighted by Gasteiger charge is 2.34. The van der Waals surface area contributed by atoms with Gasteiger partial charge in [-0.3, -0.25) is 9.48 Å². The Bertz CT molecular complexity index is 1190. The molecule has 1 fully saturated rings. The van der Waals surface area contributed by atoms with Gasteiger partial charge in [-0.1, -0.05) is 41.9 Å². The highest BCUT2D eigenvalue weighted by atomic mass is 35.5. The number of sulfonamides is 1. The van der Waals surface area contributed by atoms with E-state index < -0.39 is 15.9 Å². The van der Waals surface area contributed by atoms with E-state index in [9.17, 15) is 13.2 Å². The van der Waals surface area contributed by atoms with E-state index in [-0.39, 0.29) is 10.6 Å². The molecule has 0 aliphatic carbocycles. The van der Waals surface area contributed by atoms with Crippen molar-refractivity contribution >= 4 is 33.2 Å². The smallest absolute Gasteiger partial charge is 0.263 e. The lowest BCUT2D eigenvalue weighted by Crippen LogP contribution is -2.49. The van der Waals surface area contributed by atoms with Crippen LogP contribution in [0.25, 0.3) is 0 Å². The molecule has 2 aromatic carbocycles. The maximum Gasteiger partial charge on any atom is 0.263 e. The Hall–Kier alpha value is -2.88. The van der Waals surface area contributed by atoms with Crippen LogP contribution in [0.5, 0.6) is 0 Å². The first-order valence-electron chi connectivity index (χ1n) is 10.2. The van der Waals surface area contributed by atoms with Crippen LogP contribution in [0.15, 0.2) is 65.8 Å². The zero-order valence-corrected chi connectivity index (χ0v) is 19.2. The number of aromatic nitrogens is 2. The number of anilines is 1. The van der Waals surface area contributed by atoms with Gasteiger partial charge in [0, 0.05) is 56.7 Å². The summed E-state index contributed by atoms with van der Waals surface area (Å²) < 4.78 is 29.4. The zero-order valence-electron chi connectivity index (χ0n) is 17.6. The van der Waals surface area contributed by atoms with Gasteiger partial charge in [-0.15, -0.1) is 0 Å². The van der Waals surface area contributed by atoms with Crippen molar-refractivity contribution in [1.82, 2.24) is 19.4 Å². The molecular formula is C22H24ClN5O3S. The number of piperazine rings is 1. The molecule has 4 rings (SSSR count). The minimum absolute atomic E-state index is 0.0450. The second-order valence-electron chi connectivity index (χ2n) is 7.56. The standard InChI is InChI=1S/C22H24ClN5O3S/c1-26-16-20(21(29)24-15-17-5-3-2-4-6-17)22(25-26)32(30,31)28-13-11-27(12-14-28)19-9-7-18(23)8-10-19/h2-10,16H,11-15H2,1H3,(H,24,29). The highest BCUT2D eigenvalue weighted by molar-refractivity contribution is 7.89. The summed E-state index contributed by atoms with van der Waals surface area (Å²) in [5, 5.41) is 7.34. The molecule has 0 saturated carbocycles. The minimum Gasteiger partial charge on any atom is -0.369 e. The minimum atomic E-state index is -3.92. The third-order valence-corrected chi connectivity index (χ3v) is 7.44. The Morgan fingerprint density at radius 2 is 1.69 bits per heavy atom. The Balaban J connectivity index is 1.47. The van der Waals surface area contributed by atoms with Gasteiger partial charge in [0.15, 0.2) is 0 Å². The summed E-state index contributed by atoms with van der Waals surface area (Å²) in [6.45, 7) is 1.96. The van der Waals surface area contributed by atoms with Gasteiger partial charge >= 0.3 is 0 Å². The summed E-state index contributed by atoms with van der Waals surface area (Å²) in [5.74, 6) is -0.472. The normalized spacial score (nSPS) is 15.0. The Kier molecular flexibility index (Phi) is 6.50. The van der Waals surface area contributed by atoms with E-state index in [1.54, 1.807) is 7.05 Å². The van der Waals surface area contributed by atoms with E-state index in [4.69, 9.17) is 11.6 Å². The first-order chi connectivity index (χ1) is 15.3. The fraction of sp³-hybridized carbons (Fsp3) is 0.273. The second-order valence-corrected chi connectivity index (χ2v) is 9.85. The largest absolute Gasteiger partial charge is 0.369 e. The molecule has 1 aromatic heterocycles. The van der Waals surface area contributed by atoms with E-state index in [0.29, 0.717) is 37.7 Å². The average Bonchev–Trinajstić information content (AvgIpc) is 3.21. The molecule has 0 radical (unpaired) electrons. The number of amides is 1. The Labute approximate surface area is 192 Å². The third kappa shape index (κ3) is 4.79. The van der Waals surface area contributed by atoms with Crippen LogP contribution in [0.1, 0.15) is 15.9 Å². The molecule has 1 N–H and O–H groups in total. The SMILES string of the molecule is Cn1cc(C(=O)NCc2ccccc2)c(S(=O)(=O)N2CCN(c3ccc(Cl)cc3)CC2)n1. The number of nitrogens with one attached hydrogen (secondary N) is 1. The molecule has 1 saturated heterocycles. The van der Waals surface area contributed by atoms with Crippen molar-refractivity contribution in [3.05, 3.63) is 76.9 Å². The summed E-state index contributed by atoms with van der Waals surface area (Å²) in [6, 6.07) is 16.9. The molecule has 32 heavy (non-hydrogen) atoms. The summed E-state index contributed by atoms with van der Waals surface area (Å²) in [4.78, 5) is 14.9. The van der Waals surface area contributed by atoms with E-state index >= 15 is 0 Å². The van der Waals surface area contributed by atoms with Gasteiger partial charge in [0.25, 0.3) is 15.9 Å². The number of benzene rings is 2. The second kappa shape index (κ2) is 9.32. The predicted octanol–water partition coefficient (Wildman–Crippen LogP) is 2.51. The Morgan fingerprint density at radius 3 is 2.34 bits per heavy atom. The van der Waals surface area contributed by atoms with Gasteiger partial charge in [0.05, 0.1) is 5.56 Å². The third-order valence-electron chi connectivity index (χ3n) is 5.35. The van der Waals surface area contributed by atoms with Gasteiger partial charge in [0.2, 0.25) is 5.03 Å². The molecule has 3 aromatic rings. The summed E-state index contributed by atoms with van der Waals surface area (Å²) in [5.41, 5.74) is 1.96. The highest BCUT2D eigenvalue weighted by Crippen LogP contribution is 2.23. The van der Waals surface area contributed by atoms with Crippen molar-refractivity contribution in [2.75, 3.05) is 31.1 Å². The van der Waals surface area contributed by atoms with Crippen LogP contribution < -0.4 is 10.2 Å². The summed E-state index contributed by atoms with van der Waals surface area (Å²) in [7, 11) is -2.32. The lowest BCUT2D eigenvalue weighted by molar-refractivity contribution is 0.0947. The number of nitrogens with zero attached hydrogens (tertiary/aromatic N) is 4. The topological polar surface area (TPSA) is 87.5 Å². The van der Waals surface area contributed by atoms with Crippen LogP contribution in [0.4, 0.5) is 5.69 Å². The van der Waals surface area contributed by atoms with Crippen LogP contribution >= 0.6 is 11.6 Å². The average molecular weight is 474 g/mol. The number of hydrogen-bond acceptors (Lipinski definition) is 5. The fourth-order valence-corrected chi connectivity index (χ4v) is 5.32. The maximum atomic E-state index is 13.3. The van der Waals surface area contributed by atoms with Gasteiger partial charge in [-0.2, -0.15) is 9.40 Å². The van der Waals surface area contributed by atoms with Crippen molar-refractivity contribution in [3.8, 4) is 0 Å². The van der Waals surface area contributed by atoms with Crippen LogP contribution in [0.2, 0.25) is 5.02 Å². The number of carbonyl (C=O) groups excluding carboxylic acids is 1. The molecule has 0 unspecified atom stereocenters. The molecule has 10 heteroatoms. The van der Waals surface area contributed by atoms with Gasteiger partial charge in [-0.05, 0) is 29.8 Å². The van der Waals surface area contributed by atoms with Gasteiger partial charge in [0.1, 0.15) is 0 Å². The maximum absolute atomic E-state index is 13.3. The molecule has 8 nitrogen and oxygen atoms in total. The number of rotatable bonds is 6. The molecular weight excluding hydrogens is 450 g/mol. The molecule has 2 heterocycles. The molecule has 1 aliphatic heterocycles.